The van der Waals surface area contributed by atoms with Crippen LogP contribution in [0.3, 0.4) is 0 Å². The number of imidazole rings is 1. The van der Waals surface area contributed by atoms with Crippen LogP contribution in [0.1, 0.15) is 25.7 Å². The fourth-order valence-corrected chi connectivity index (χ4v) is 3.84. The summed E-state index contributed by atoms with van der Waals surface area (Å²) in [5.74, 6) is 0.439. The van der Waals surface area contributed by atoms with Crippen molar-refractivity contribution in [1.29, 1.82) is 0 Å². The summed E-state index contributed by atoms with van der Waals surface area (Å²) in [6, 6.07) is 3.78. The highest BCUT2D eigenvalue weighted by atomic mass is 19.4. The molecule has 8 nitrogen and oxygen atoms in total. The number of fused-ring (bicyclic) bond motifs is 2. The Kier molecular flexibility index (Phi) is 4.54. The van der Waals surface area contributed by atoms with Crippen molar-refractivity contribution in [2.75, 3.05) is 5.32 Å². The van der Waals surface area contributed by atoms with Crippen LogP contribution < -0.4 is 5.32 Å². The molecule has 4 heterocycles. The first-order valence-corrected chi connectivity index (χ1v) is 9.60. The summed E-state index contributed by atoms with van der Waals surface area (Å²) in [5.41, 5.74) is 3.05. The molecule has 4 aromatic heterocycles. The van der Waals surface area contributed by atoms with Gasteiger partial charge in [-0.05, 0) is 37.8 Å². The third-order valence-electron chi connectivity index (χ3n) is 5.27. The second-order valence-corrected chi connectivity index (χ2v) is 7.29. The Morgan fingerprint density at radius 1 is 1.13 bits per heavy atom. The van der Waals surface area contributed by atoms with Gasteiger partial charge in [-0.3, -0.25) is 4.74 Å². The molecular weight excluding hydrogens is 399 g/mol. The van der Waals surface area contributed by atoms with Gasteiger partial charge in [0.1, 0.15) is 5.65 Å². The van der Waals surface area contributed by atoms with Crippen molar-refractivity contribution in [2.24, 2.45) is 0 Å². The van der Waals surface area contributed by atoms with Crippen molar-refractivity contribution in [3.05, 3.63) is 36.9 Å². The number of nitrogens with zero attached hydrogens (tertiary/aromatic N) is 5. The molecule has 4 aromatic rings. The molecule has 1 saturated carbocycles. The zero-order valence-corrected chi connectivity index (χ0v) is 15.7. The number of ether oxygens (including phenoxy) is 1. The van der Waals surface area contributed by atoms with E-state index in [2.05, 4.69) is 35.1 Å². The highest BCUT2D eigenvalue weighted by molar-refractivity contribution is 5.92. The highest BCUT2D eigenvalue weighted by Crippen LogP contribution is 2.30. The van der Waals surface area contributed by atoms with Crippen LogP contribution in [0, 0.1) is 0 Å². The smallest absolute Gasteiger partial charge is 0.351 e. The fourth-order valence-electron chi connectivity index (χ4n) is 3.84. The molecule has 0 aromatic carbocycles. The molecule has 0 unspecified atom stereocenters. The quantitative estimate of drug-likeness (QED) is 0.523. The molecule has 0 atom stereocenters. The lowest BCUT2D eigenvalue weighted by Crippen LogP contribution is -2.33. The van der Waals surface area contributed by atoms with Gasteiger partial charge in [-0.1, -0.05) is 0 Å². The third-order valence-corrected chi connectivity index (χ3v) is 5.27. The molecule has 0 amide bonds. The maximum atomic E-state index is 12.3. The summed E-state index contributed by atoms with van der Waals surface area (Å²) >= 11 is 0. The van der Waals surface area contributed by atoms with Crippen LogP contribution in [0.4, 0.5) is 19.1 Å². The van der Waals surface area contributed by atoms with E-state index in [-0.39, 0.29) is 6.04 Å². The monoisotopic (exact) mass is 417 g/mol. The van der Waals surface area contributed by atoms with Crippen molar-refractivity contribution in [3.8, 4) is 11.3 Å². The molecular formula is C19H18F3N7O. The van der Waals surface area contributed by atoms with E-state index in [1.165, 1.54) is 0 Å². The number of aromatic amines is 1. The van der Waals surface area contributed by atoms with Crippen LogP contribution in [0.2, 0.25) is 0 Å². The van der Waals surface area contributed by atoms with E-state index in [1.54, 1.807) is 23.1 Å². The average Bonchev–Trinajstić information content (AvgIpc) is 3.34. The summed E-state index contributed by atoms with van der Waals surface area (Å²) in [6.07, 6.45) is 3.46. The van der Waals surface area contributed by atoms with Crippen molar-refractivity contribution in [3.63, 3.8) is 0 Å². The Hall–Kier alpha value is -3.21. The van der Waals surface area contributed by atoms with Gasteiger partial charge in [-0.2, -0.15) is 10.1 Å². The van der Waals surface area contributed by atoms with Gasteiger partial charge in [-0.15, -0.1) is 13.2 Å². The first kappa shape index (κ1) is 18.8. The maximum absolute atomic E-state index is 12.3. The van der Waals surface area contributed by atoms with E-state index in [4.69, 9.17) is 0 Å². The topological polar surface area (TPSA) is 93.0 Å². The van der Waals surface area contributed by atoms with Crippen molar-refractivity contribution in [1.82, 2.24) is 29.5 Å². The molecule has 1 fully saturated rings. The van der Waals surface area contributed by atoms with Gasteiger partial charge in [-0.25, -0.2) is 14.5 Å². The largest absolute Gasteiger partial charge is 0.522 e. The molecule has 5 rings (SSSR count). The molecule has 30 heavy (non-hydrogen) atoms. The predicted molar refractivity (Wildman–Crippen MR) is 103 cm³/mol. The van der Waals surface area contributed by atoms with Crippen molar-refractivity contribution >= 4 is 22.6 Å². The molecule has 0 aliphatic heterocycles. The maximum Gasteiger partial charge on any atom is 0.522 e. The fraction of sp³-hybridized carbons (Fsp3) is 0.368. The Morgan fingerprint density at radius 3 is 2.77 bits per heavy atom. The van der Waals surface area contributed by atoms with Crippen LogP contribution in [0.25, 0.3) is 27.9 Å². The predicted octanol–water partition coefficient (Wildman–Crippen LogP) is 3.93. The Balaban J connectivity index is 1.29. The number of H-pyrrole nitrogens is 1. The minimum atomic E-state index is -4.58. The molecule has 11 heteroatoms. The lowest BCUT2D eigenvalue weighted by atomic mass is 9.93. The zero-order chi connectivity index (χ0) is 20.7. The van der Waals surface area contributed by atoms with Gasteiger partial charge in [0, 0.05) is 41.8 Å². The zero-order valence-electron chi connectivity index (χ0n) is 15.7. The number of alkyl halides is 3. The summed E-state index contributed by atoms with van der Waals surface area (Å²) in [7, 11) is 0. The van der Waals surface area contributed by atoms with E-state index in [1.807, 2.05) is 18.3 Å². The Bertz CT molecular complexity index is 1180. The first-order valence-electron chi connectivity index (χ1n) is 9.60. The first-order chi connectivity index (χ1) is 14.4. The van der Waals surface area contributed by atoms with Gasteiger partial charge in [0.2, 0.25) is 5.95 Å². The second-order valence-electron chi connectivity index (χ2n) is 7.29. The van der Waals surface area contributed by atoms with Crippen molar-refractivity contribution < 1.29 is 17.9 Å². The molecule has 1 aliphatic rings. The van der Waals surface area contributed by atoms with Crippen LogP contribution in [0.5, 0.6) is 0 Å². The minimum Gasteiger partial charge on any atom is -0.351 e. The number of anilines is 1. The number of halogens is 3. The van der Waals surface area contributed by atoms with E-state index in [0.717, 1.165) is 22.3 Å². The molecule has 1 aliphatic carbocycles. The SMILES string of the molecule is FC(F)(F)OC1CCC(Nc2ncc3c(-c4ccc5nccn5n4)c[nH]c3n2)CC1. The van der Waals surface area contributed by atoms with E-state index < -0.39 is 12.5 Å². The Morgan fingerprint density at radius 2 is 1.97 bits per heavy atom. The van der Waals surface area contributed by atoms with Gasteiger partial charge in [0.25, 0.3) is 0 Å². The number of rotatable bonds is 4. The van der Waals surface area contributed by atoms with Crippen LogP contribution in [-0.2, 0) is 4.74 Å². The molecule has 2 N–H and O–H groups in total. The number of hydrogen-bond donors (Lipinski definition) is 2. The Labute approximate surface area is 168 Å². The minimum absolute atomic E-state index is 0.00952. The highest BCUT2D eigenvalue weighted by Gasteiger charge is 2.35. The van der Waals surface area contributed by atoms with Gasteiger partial charge in [0.05, 0.1) is 11.8 Å². The molecule has 156 valence electrons. The van der Waals surface area contributed by atoms with E-state index in [0.29, 0.717) is 37.3 Å². The van der Waals surface area contributed by atoms with Crippen molar-refractivity contribution in [2.45, 2.75) is 44.2 Å². The molecule has 0 bridgehead atoms. The van der Waals surface area contributed by atoms with Gasteiger partial charge < -0.3 is 10.3 Å². The number of hydrogen-bond acceptors (Lipinski definition) is 6. The third kappa shape index (κ3) is 3.80. The number of nitrogens with one attached hydrogen (secondary N) is 2. The summed E-state index contributed by atoms with van der Waals surface area (Å²) in [5, 5.41) is 8.59. The molecule has 0 saturated heterocycles. The van der Waals surface area contributed by atoms with Gasteiger partial charge in [0.15, 0.2) is 5.65 Å². The standard InChI is InChI=1S/C19H18F3N7O/c20-19(21,22)30-12-3-1-11(2-4-12)26-18-25-10-14-13(9-24-17(14)27-18)15-5-6-16-23-7-8-29(16)28-15/h5-12H,1-4H2,(H2,24,25,26,27). The van der Waals surface area contributed by atoms with Crippen LogP contribution >= 0.6 is 0 Å². The average molecular weight is 417 g/mol. The van der Waals surface area contributed by atoms with Crippen LogP contribution in [0.15, 0.2) is 36.9 Å². The van der Waals surface area contributed by atoms with E-state index in [9.17, 15) is 13.2 Å². The second kappa shape index (κ2) is 7.24. The normalized spacial score (nSPS) is 20.1. The summed E-state index contributed by atoms with van der Waals surface area (Å²) in [4.78, 5) is 16.2. The van der Waals surface area contributed by atoms with Crippen LogP contribution in [-0.4, -0.2) is 48.1 Å². The summed E-state index contributed by atoms with van der Waals surface area (Å²) in [6.45, 7) is 0. The lowest BCUT2D eigenvalue weighted by Gasteiger charge is -2.29. The molecule has 0 radical (unpaired) electrons. The lowest BCUT2D eigenvalue weighted by molar-refractivity contribution is -0.345. The van der Waals surface area contributed by atoms with Gasteiger partial charge >= 0.3 is 6.36 Å². The summed E-state index contributed by atoms with van der Waals surface area (Å²) < 4.78 is 42.9. The number of aromatic nitrogens is 6. The van der Waals surface area contributed by atoms with E-state index >= 15 is 0 Å². The molecule has 0 spiro atoms.